The molecule has 0 aliphatic heterocycles. The van der Waals surface area contributed by atoms with Crippen molar-refractivity contribution in [3.8, 4) is 11.4 Å². The molecule has 0 spiro atoms. The van der Waals surface area contributed by atoms with E-state index in [1.807, 2.05) is 0 Å². The number of nitrogens with zero attached hydrogens (tertiary/aromatic N) is 2. The number of thioether (sulfide) groups is 1. The predicted octanol–water partition coefficient (Wildman–Crippen LogP) is 4.52. The maximum Gasteiger partial charge on any atom is 0.237 e. The van der Waals surface area contributed by atoms with Crippen LogP contribution in [-0.4, -0.2) is 26.3 Å². The van der Waals surface area contributed by atoms with Crippen LogP contribution in [0.5, 0.6) is 0 Å². The monoisotopic (exact) mass is 394 g/mol. The second-order valence-corrected chi connectivity index (χ2v) is 7.10. The highest BCUT2D eigenvalue weighted by atomic mass is 35.5. The number of H-pyrrole nitrogens is 1. The van der Waals surface area contributed by atoms with Gasteiger partial charge in [0.15, 0.2) is 17.5 Å². The first-order valence-corrected chi connectivity index (χ1v) is 8.79. The van der Waals surface area contributed by atoms with Crippen molar-refractivity contribution in [2.24, 2.45) is 0 Å². The van der Waals surface area contributed by atoms with Gasteiger partial charge in [-0.1, -0.05) is 23.4 Å². The number of halogens is 3. The third-order valence-corrected chi connectivity index (χ3v) is 4.63. The lowest BCUT2D eigenvalue weighted by molar-refractivity contribution is -0.115. The van der Waals surface area contributed by atoms with Crippen LogP contribution in [0, 0.1) is 11.6 Å². The zero-order valence-electron chi connectivity index (χ0n) is 13.5. The van der Waals surface area contributed by atoms with Crippen molar-refractivity contribution in [3.63, 3.8) is 0 Å². The van der Waals surface area contributed by atoms with E-state index in [4.69, 9.17) is 11.6 Å². The van der Waals surface area contributed by atoms with Gasteiger partial charge in [0.25, 0.3) is 0 Å². The molecule has 0 saturated heterocycles. The molecule has 1 aromatic heterocycles. The molecule has 2 N–H and O–H groups in total. The summed E-state index contributed by atoms with van der Waals surface area (Å²) in [5.74, 6) is -1.82. The second-order valence-electron chi connectivity index (χ2n) is 5.35. The van der Waals surface area contributed by atoms with E-state index in [0.717, 1.165) is 29.5 Å². The van der Waals surface area contributed by atoms with Crippen LogP contribution in [0.1, 0.15) is 6.92 Å². The summed E-state index contributed by atoms with van der Waals surface area (Å²) < 4.78 is 26.1. The number of rotatable bonds is 5. The SMILES string of the molecule is CC(Sc1n[nH]c(-c2ccc(Cl)cc2)n1)C(=O)Nc1ccc(F)c(F)c1. The highest BCUT2D eigenvalue weighted by Crippen LogP contribution is 2.24. The number of anilines is 1. The molecule has 0 aliphatic rings. The Hall–Kier alpha value is -2.45. The Bertz CT molecular complexity index is 933. The van der Waals surface area contributed by atoms with Crippen LogP contribution in [0.2, 0.25) is 5.02 Å². The first-order chi connectivity index (χ1) is 12.4. The number of nitrogens with one attached hydrogen (secondary N) is 2. The lowest BCUT2D eigenvalue weighted by Gasteiger charge is -2.10. The molecule has 2 aromatic carbocycles. The molecule has 5 nitrogen and oxygen atoms in total. The number of amides is 1. The summed E-state index contributed by atoms with van der Waals surface area (Å²) in [5, 5.41) is 9.87. The highest BCUT2D eigenvalue weighted by molar-refractivity contribution is 8.00. The maximum absolute atomic E-state index is 13.2. The molecule has 26 heavy (non-hydrogen) atoms. The van der Waals surface area contributed by atoms with Gasteiger partial charge in [-0.3, -0.25) is 9.89 Å². The molecule has 3 aromatic rings. The van der Waals surface area contributed by atoms with Gasteiger partial charge >= 0.3 is 0 Å². The Morgan fingerprint density at radius 1 is 1.19 bits per heavy atom. The number of carbonyl (C=O) groups is 1. The van der Waals surface area contributed by atoms with Gasteiger partial charge in [-0.15, -0.1) is 5.10 Å². The van der Waals surface area contributed by atoms with Gasteiger partial charge in [0.05, 0.1) is 5.25 Å². The number of hydrogen-bond donors (Lipinski definition) is 2. The molecule has 0 bridgehead atoms. The molecule has 1 atom stereocenters. The van der Waals surface area contributed by atoms with Crippen molar-refractivity contribution < 1.29 is 13.6 Å². The molecule has 134 valence electrons. The molecular weight excluding hydrogens is 382 g/mol. The van der Waals surface area contributed by atoms with Crippen LogP contribution in [0.3, 0.4) is 0 Å². The summed E-state index contributed by atoms with van der Waals surface area (Å²) in [7, 11) is 0. The van der Waals surface area contributed by atoms with E-state index in [-0.39, 0.29) is 11.6 Å². The van der Waals surface area contributed by atoms with E-state index < -0.39 is 16.9 Å². The molecule has 3 rings (SSSR count). The average molecular weight is 395 g/mol. The molecule has 1 amide bonds. The first-order valence-electron chi connectivity index (χ1n) is 7.53. The molecule has 0 saturated carbocycles. The Kier molecular flexibility index (Phi) is 5.53. The standard InChI is InChI=1S/C17H13ClF2N4OS/c1-9(16(25)21-12-6-7-13(19)14(20)8-12)26-17-22-15(23-24-17)10-2-4-11(18)5-3-10/h2-9H,1H3,(H,21,25)(H,22,23,24). The van der Waals surface area contributed by atoms with Crippen LogP contribution in [0.15, 0.2) is 47.6 Å². The van der Waals surface area contributed by atoms with Gasteiger partial charge in [-0.2, -0.15) is 0 Å². The topological polar surface area (TPSA) is 70.7 Å². The van der Waals surface area contributed by atoms with Gasteiger partial charge in [0.1, 0.15) is 0 Å². The van der Waals surface area contributed by atoms with Crippen LogP contribution < -0.4 is 5.32 Å². The summed E-state index contributed by atoms with van der Waals surface area (Å²) >= 11 is 6.99. The molecular formula is C17H13ClF2N4OS. The number of benzene rings is 2. The summed E-state index contributed by atoms with van der Waals surface area (Å²) in [6, 6.07) is 10.3. The molecule has 1 heterocycles. The molecule has 0 fully saturated rings. The van der Waals surface area contributed by atoms with Crippen LogP contribution in [0.25, 0.3) is 11.4 Å². The minimum Gasteiger partial charge on any atom is -0.325 e. The minimum atomic E-state index is -1.02. The number of aromatic nitrogens is 3. The van der Waals surface area contributed by atoms with Gasteiger partial charge in [-0.05, 0) is 43.3 Å². The summed E-state index contributed by atoms with van der Waals surface area (Å²) in [4.78, 5) is 16.5. The predicted molar refractivity (Wildman–Crippen MR) is 97.1 cm³/mol. The molecule has 0 radical (unpaired) electrons. The zero-order chi connectivity index (χ0) is 18.7. The van der Waals surface area contributed by atoms with Crippen molar-refractivity contribution in [2.45, 2.75) is 17.3 Å². The third kappa shape index (κ3) is 4.39. The average Bonchev–Trinajstić information content (AvgIpc) is 3.07. The number of carbonyl (C=O) groups excluding carboxylic acids is 1. The van der Waals surface area contributed by atoms with Crippen LogP contribution in [0.4, 0.5) is 14.5 Å². The molecule has 1 unspecified atom stereocenters. The molecule has 9 heteroatoms. The van der Waals surface area contributed by atoms with Gasteiger partial charge in [0.2, 0.25) is 11.1 Å². The first kappa shape index (κ1) is 18.3. The Balaban J connectivity index is 1.64. The van der Waals surface area contributed by atoms with Crippen molar-refractivity contribution >= 4 is 35.0 Å². The smallest absolute Gasteiger partial charge is 0.237 e. The van der Waals surface area contributed by atoms with E-state index >= 15 is 0 Å². The van der Waals surface area contributed by atoms with Gasteiger partial charge in [0, 0.05) is 22.3 Å². The Morgan fingerprint density at radius 2 is 1.92 bits per heavy atom. The zero-order valence-corrected chi connectivity index (χ0v) is 15.0. The highest BCUT2D eigenvalue weighted by Gasteiger charge is 2.18. The van der Waals surface area contributed by atoms with Gasteiger partial charge < -0.3 is 5.32 Å². The van der Waals surface area contributed by atoms with E-state index in [1.54, 1.807) is 31.2 Å². The fourth-order valence-electron chi connectivity index (χ4n) is 2.07. The van der Waals surface area contributed by atoms with Crippen molar-refractivity contribution in [1.82, 2.24) is 15.2 Å². The van der Waals surface area contributed by atoms with E-state index in [1.165, 1.54) is 6.07 Å². The van der Waals surface area contributed by atoms with Crippen LogP contribution >= 0.6 is 23.4 Å². The maximum atomic E-state index is 13.2. The summed E-state index contributed by atoms with van der Waals surface area (Å²) in [5.41, 5.74) is 0.992. The van der Waals surface area contributed by atoms with Crippen molar-refractivity contribution in [2.75, 3.05) is 5.32 Å². The fraction of sp³-hybridized carbons (Fsp3) is 0.118. The number of aromatic amines is 1. The Morgan fingerprint density at radius 3 is 2.62 bits per heavy atom. The van der Waals surface area contributed by atoms with Crippen molar-refractivity contribution in [1.29, 1.82) is 0 Å². The second kappa shape index (κ2) is 7.84. The summed E-state index contributed by atoms with van der Waals surface area (Å²) in [6.07, 6.45) is 0. The number of hydrogen-bond acceptors (Lipinski definition) is 4. The van der Waals surface area contributed by atoms with E-state index in [0.29, 0.717) is 16.0 Å². The van der Waals surface area contributed by atoms with Gasteiger partial charge in [-0.25, -0.2) is 13.8 Å². The largest absolute Gasteiger partial charge is 0.325 e. The Labute approximate surface area is 157 Å². The third-order valence-electron chi connectivity index (χ3n) is 3.42. The van der Waals surface area contributed by atoms with Crippen LogP contribution in [-0.2, 0) is 4.79 Å². The lowest BCUT2D eigenvalue weighted by Crippen LogP contribution is -2.22. The van der Waals surface area contributed by atoms with Crippen molar-refractivity contribution in [3.05, 3.63) is 59.1 Å². The van der Waals surface area contributed by atoms with E-state index in [2.05, 4.69) is 20.5 Å². The fourth-order valence-corrected chi connectivity index (χ4v) is 2.92. The lowest BCUT2D eigenvalue weighted by atomic mass is 10.2. The minimum absolute atomic E-state index is 0.179. The van der Waals surface area contributed by atoms with E-state index in [9.17, 15) is 13.6 Å². The quantitative estimate of drug-likeness (QED) is 0.624. The normalized spacial score (nSPS) is 12.0. The summed E-state index contributed by atoms with van der Waals surface area (Å²) in [6.45, 7) is 1.66. The molecule has 0 aliphatic carbocycles.